The van der Waals surface area contributed by atoms with Gasteiger partial charge in [0.1, 0.15) is 0 Å². The molecule has 0 saturated carbocycles. The van der Waals surface area contributed by atoms with Crippen LogP contribution in [0.4, 0.5) is 0 Å². The van der Waals surface area contributed by atoms with Gasteiger partial charge in [-0.15, -0.1) is 10.4 Å². The topological polar surface area (TPSA) is 194 Å². The van der Waals surface area contributed by atoms with Crippen molar-refractivity contribution in [3.63, 3.8) is 0 Å². The first-order chi connectivity index (χ1) is 9.15. The van der Waals surface area contributed by atoms with Gasteiger partial charge in [-0.05, 0) is 0 Å². The molecule has 1 N–H and O–H groups in total. The van der Waals surface area contributed by atoms with Crippen LogP contribution < -0.4 is 5.43 Å². The standard InChI is InChI=1S/C4H10N8O8/c1-6(10(15)16)3-8(12(19)20)4-7(11(17)18)2-5-9(13)14/h5H,2-4H2,1H3. The highest BCUT2D eigenvalue weighted by Crippen LogP contribution is 1.97. The van der Waals surface area contributed by atoms with Crippen molar-refractivity contribution in [1.82, 2.24) is 20.5 Å². The summed E-state index contributed by atoms with van der Waals surface area (Å²) in [7, 11) is 0.919. The third kappa shape index (κ3) is 5.93. The summed E-state index contributed by atoms with van der Waals surface area (Å²) in [5.41, 5.74) is 1.46. The Morgan fingerprint density at radius 2 is 1.35 bits per heavy atom. The van der Waals surface area contributed by atoms with Crippen LogP contribution in [0.1, 0.15) is 0 Å². The molecule has 0 aromatic rings. The minimum atomic E-state index is -1.11. The molecule has 0 aliphatic heterocycles. The lowest BCUT2D eigenvalue weighted by atomic mass is 10.8. The van der Waals surface area contributed by atoms with Crippen LogP contribution in [0.3, 0.4) is 0 Å². The van der Waals surface area contributed by atoms with E-state index in [-0.39, 0.29) is 10.0 Å². The molecule has 20 heavy (non-hydrogen) atoms. The van der Waals surface area contributed by atoms with Gasteiger partial charge in [0.25, 0.3) is 0 Å². The molecule has 0 aliphatic carbocycles. The Hall–Kier alpha value is -3.20. The summed E-state index contributed by atoms with van der Waals surface area (Å²) in [5, 5.41) is 37.9. The van der Waals surface area contributed by atoms with Crippen molar-refractivity contribution in [2.45, 2.75) is 0 Å². The van der Waals surface area contributed by atoms with Crippen molar-refractivity contribution >= 4 is 0 Å². The molecule has 0 heterocycles. The molecule has 0 aromatic heterocycles. The van der Waals surface area contributed by atoms with Crippen LogP contribution >= 0.6 is 0 Å². The van der Waals surface area contributed by atoms with Crippen LogP contribution in [-0.2, 0) is 0 Å². The summed E-state index contributed by atoms with van der Waals surface area (Å²) in [6.45, 7) is -2.78. The summed E-state index contributed by atoms with van der Waals surface area (Å²) in [6, 6.07) is 0. The van der Waals surface area contributed by atoms with E-state index in [1.807, 2.05) is 0 Å². The molecule has 0 aliphatic rings. The zero-order chi connectivity index (χ0) is 15.9. The Kier molecular flexibility index (Phi) is 6.12. The predicted molar refractivity (Wildman–Crippen MR) is 57.2 cm³/mol. The van der Waals surface area contributed by atoms with Gasteiger partial charge in [-0.1, -0.05) is 10.0 Å². The molecule has 0 spiro atoms. The average molecular weight is 298 g/mol. The Labute approximate surface area is 109 Å². The van der Waals surface area contributed by atoms with Crippen molar-refractivity contribution in [3.05, 3.63) is 40.5 Å². The van der Waals surface area contributed by atoms with Gasteiger partial charge >= 0.3 is 0 Å². The van der Waals surface area contributed by atoms with Gasteiger partial charge in [-0.2, -0.15) is 0 Å². The van der Waals surface area contributed by atoms with Crippen LogP contribution in [0.2, 0.25) is 0 Å². The van der Waals surface area contributed by atoms with Gasteiger partial charge in [0, 0.05) is 0 Å². The monoisotopic (exact) mass is 298 g/mol. The number of hydrazine groups is 4. The number of hydrogen-bond donors (Lipinski definition) is 1. The van der Waals surface area contributed by atoms with Crippen LogP contribution in [0.25, 0.3) is 0 Å². The maximum Gasteiger partial charge on any atom is 0.212 e. The molecule has 114 valence electrons. The number of nitro groups is 4. The normalized spacial score (nSPS) is 9.45. The van der Waals surface area contributed by atoms with Gasteiger partial charge < -0.3 is 0 Å². The fraction of sp³-hybridized carbons (Fsp3) is 1.00. The van der Waals surface area contributed by atoms with Gasteiger partial charge in [-0.3, -0.25) is 0 Å². The Balaban J connectivity index is 4.74. The van der Waals surface area contributed by atoms with Gasteiger partial charge in [0.05, 0.1) is 7.05 Å². The first-order valence-electron chi connectivity index (χ1n) is 4.67. The SMILES string of the molecule is CN(CN(CN(CN[N+](=O)[O-])[N+](=O)[O-])[N+](=O)[O-])[N+](=O)[O-]. The molecule has 0 fully saturated rings. The Bertz CT molecular complexity index is 400. The maximum absolute atomic E-state index is 10.6. The van der Waals surface area contributed by atoms with Gasteiger partial charge in [-0.25, -0.2) is 40.5 Å². The second-order valence-corrected chi connectivity index (χ2v) is 3.24. The molecular weight excluding hydrogens is 288 g/mol. The summed E-state index contributed by atoms with van der Waals surface area (Å²) in [4.78, 5) is 41.5. The van der Waals surface area contributed by atoms with Crippen LogP contribution in [-0.4, -0.2) is 62.2 Å². The number of nitrogens with one attached hydrogen (secondary N) is 1. The maximum atomic E-state index is 10.6. The molecule has 16 heteroatoms. The average Bonchev–Trinajstić information content (AvgIpc) is 2.31. The van der Waals surface area contributed by atoms with E-state index in [2.05, 4.69) is 0 Å². The fourth-order valence-corrected chi connectivity index (χ4v) is 0.923. The van der Waals surface area contributed by atoms with Crippen molar-refractivity contribution in [2.75, 3.05) is 27.1 Å². The van der Waals surface area contributed by atoms with Crippen molar-refractivity contribution < 1.29 is 20.1 Å². The zero-order valence-electron chi connectivity index (χ0n) is 10.0. The highest BCUT2D eigenvalue weighted by molar-refractivity contribution is 4.40. The van der Waals surface area contributed by atoms with Crippen molar-refractivity contribution in [1.29, 1.82) is 0 Å². The van der Waals surface area contributed by atoms with E-state index in [9.17, 15) is 40.5 Å². The third-order valence-corrected chi connectivity index (χ3v) is 1.82. The third-order valence-electron chi connectivity index (χ3n) is 1.82. The van der Waals surface area contributed by atoms with Crippen molar-refractivity contribution in [3.8, 4) is 0 Å². The molecule has 0 bridgehead atoms. The predicted octanol–water partition coefficient (Wildman–Crippen LogP) is -2.25. The molecule has 0 unspecified atom stereocenters. The van der Waals surface area contributed by atoms with Gasteiger partial charge in [0.15, 0.2) is 20.1 Å². The fourth-order valence-electron chi connectivity index (χ4n) is 0.923. The molecule has 0 radical (unpaired) electrons. The van der Waals surface area contributed by atoms with Crippen LogP contribution in [0.15, 0.2) is 0 Å². The molecular formula is C4H10N8O8. The molecule has 0 rings (SSSR count). The second-order valence-electron chi connectivity index (χ2n) is 3.24. The number of hydrogen-bond acceptors (Lipinski definition) is 8. The Morgan fingerprint density at radius 3 is 1.70 bits per heavy atom. The van der Waals surface area contributed by atoms with Crippen LogP contribution in [0, 0.1) is 40.5 Å². The van der Waals surface area contributed by atoms with E-state index < -0.39 is 40.1 Å². The summed E-state index contributed by atoms with van der Waals surface area (Å²) in [6.07, 6.45) is 0. The number of rotatable bonds is 10. The zero-order valence-corrected chi connectivity index (χ0v) is 10.0. The highest BCUT2D eigenvalue weighted by Gasteiger charge is 2.29. The molecule has 0 aromatic carbocycles. The molecule has 0 atom stereocenters. The Morgan fingerprint density at radius 1 is 0.850 bits per heavy atom. The molecule has 0 saturated heterocycles. The molecule has 16 nitrogen and oxygen atoms in total. The van der Waals surface area contributed by atoms with E-state index in [0.29, 0.717) is 5.01 Å². The van der Waals surface area contributed by atoms with Gasteiger partial charge in [0.2, 0.25) is 20.0 Å². The minimum absolute atomic E-state index is 0.111. The van der Waals surface area contributed by atoms with E-state index in [1.165, 1.54) is 5.43 Å². The molecule has 0 amide bonds. The summed E-state index contributed by atoms with van der Waals surface area (Å²) in [5.74, 6) is 0. The first-order valence-corrected chi connectivity index (χ1v) is 4.67. The second kappa shape index (κ2) is 7.28. The minimum Gasteiger partial charge on any atom is -0.235 e. The lowest BCUT2D eigenvalue weighted by Crippen LogP contribution is -2.51. The number of nitrogens with zero attached hydrogens (tertiary/aromatic N) is 7. The lowest BCUT2D eigenvalue weighted by Gasteiger charge is -2.19. The first kappa shape index (κ1) is 16.8. The smallest absolute Gasteiger partial charge is 0.212 e. The van der Waals surface area contributed by atoms with E-state index in [4.69, 9.17) is 0 Å². The lowest BCUT2D eigenvalue weighted by molar-refractivity contribution is -0.738. The summed E-state index contributed by atoms with van der Waals surface area (Å²) >= 11 is 0. The van der Waals surface area contributed by atoms with Crippen LogP contribution in [0.5, 0.6) is 0 Å². The quantitative estimate of drug-likeness (QED) is 0.259. The van der Waals surface area contributed by atoms with E-state index >= 15 is 0 Å². The van der Waals surface area contributed by atoms with Crippen molar-refractivity contribution in [2.24, 2.45) is 0 Å². The summed E-state index contributed by atoms with van der Waals surface area (Å²) < 4.78 is 0. The van der Waals surface area contributed by atoms with E-state index in [1.54, 1.807) is 0 Å². The van der Waals surface area contributed by atoms with E-state index in [0.717, 1.165) is 7.05 Å². The largest absolute Gasteiger partial charge is 0.235 e. The highest BCUT2D eigenvalue weighted by atomic mass is 16.7.